The van der Waals surface area contributed by atoms with E-state index in [1.807, 2.05) is 26.0 Å². The molecule has 26 heavy (non-hydrogen) atoms. The van der Waals surface area contributed by atoms with Crippen LogP contribution in [0.4, 0.5) is 11.4 Å². The maximum atomic E-state index is 13.1. The minimum atomic E-state index is -0.126. The van der Waals surface area contributed by atoms with Gasteiger partial charge in [0.15, 0.2) is 11.6 Å². The van der Waals surface area contributed by atoms with Crippen molar-refractivity contribution in [3.8, 4) is 0 Å². The summed E-state index contributed by atoms with van der Waals surface area (Å²) in [6, 6.07) is 16.4. The van der Waals surface area contributed by atoms with Gasteiger partial charge in [-0.2, -0.15) is 0 Å². The standard InChI is InChI=1S/C22H16BrNO2/c1-12-10-13(2)20(17(23)11-12)24-18-9-5-8-16-19(18)22(26)15-7-4-3-6-14(15)21(16)25/h3-11,24H,1-2H3. The lowest BCUT2D eigenvalue weighted by molar-refractivity contribution is 0.0979. The highest BCUT2D eigenvalue weighted by atomic mass is 79.9. The van der Waals surface area contributed by atoms with Crippen molar-refractivity contribution < 1.29 is 9.59 Å². The molecule has 0 saturated heterocycles. The summed E-state index contributed by atoms with van der Waals surface area (Å²) in [5.41, 5.74) is 5.54. The molecule has 0 bridgehead atoms. The van der Waals surface area contributed by atoms with Gasteiger partial charge in [0, 0.05) is 21.2 Å². The molecule has 0 spiro atoms. The number of halogens is 1. The maximum absolute atomic E-state index is 13.1. The fourth-order valence-corrected chi connectivity index (χ4v) is 4.23. The predicted molar refractivity (Wildman–Crippen MR) is 107 cm³/mol. The summed E-state index contributed by atoms with van der Waals surface area (Å²) in [5, 5.41) is 3.36. The first-order chi connectivity index (χ1) is 12.5. The summed E-state index contributed by atoms with van der Waals surface area (Å²) in [6.45, 7) is 4.04. The van der Waals surface area contributed by atoms with Crippen LogP contribution in [-0.2, 0) is 0 Å². The molecule has 0 amide bonds. The number of fused-ring (bicyclic) bond motifs is 2. The van der Waals surface area contributed by atoms with Crippen LogP contribution in [0.1, 0.15) is 43.0 Å². The van der Waals surface area contributed by atoms with E-state index in [4.69, 9.17) is 0 Å². The van der Waals surface area contributed by atoms with E-state index in [0.717, 1.165) is 21.3 Å². The molecule has 0 fully saturated rings. The Labute approximate surface area is 160 Å². The van der Waals surface area contributed by atoms with Crippen molar-refractivity contribution in [1.82, 2.24) is 0 Å². The van der Waals surface area contributed by atoms with Crippen molar-refractivity contribution in [3.63, 3.8) is 0 Å². The summed E-state index contributed by atoms with van der Waals surface area (Å²) in [5.74, 6) is -0.238. The minimum Gasteiger partial charge on any atom is -0.354 e. The number of anilines is 2. The van der Waals surface area contributed by atoms with Gasteiger partial charge in [-0.1, -0.05) is 42.5 Å². The molecule has 1 N–H and O–H groups in total. The third-order valence-electron chi connectivity index (χ3n) is 4.64. The van der Waals surface area contributed by atoms with Crippen molar-refractivity contribution >= 4 is 38.9 Å². The molecule has 0 unspecified atom stereocenters. The fourth-order valence-electron chi connectivity index (χ4n) is 3.46. The van der Waals surface area contributed by atoms with Crippen LogP contribution in [-0.4, -0.2) is 11.6 Å². The average Bonchev–Trinajstić information content (AvgIpc) is 2.62. The Morgan fingerprint density at radius 1 is 0.808 bits per heavy atom. The van der Waals surface area contributed by atoms with Crippen molar-refractivity contribution in [3.05, 3.63) is 92.5 Å². The second kappa shape index (κ2) is 6.22. The lowest BCUT2D eigenvalue weighted by Crippen LogP contribution is -2.22. The monoisotopic (exact) mass is 405 g/mol. The van der Waals surface area contributed by atoms with Crippen LogP contribution < -0.4 is 5.32 Å². The number of rotatable bonds is 2. The molecule has 3 aromatic rings. The molecule has 4 heteroatoms. The van der Waals surface area contributed by atoms with Gasteiger partial charge >= 0.3 is 0 Å². The third-order valence-corrected chi connectivity index (χ3v) is 5.27. The molecule has 0 saturated carbocycles. The van der Waals surface area contributed by atoms with Crippen LogP contribution in [0.5, 0.6) is 0 Å². The lowest BCUT2D eigenvalue weighted by atomic mass is 9.83. The van der Waals surface area contributed by atoms with E-state index < -0.39 is 0 Å². The number of hydrogen-bond donors (Lipinski definition) is 1. The first-order valence-electron chi connectivity index (χ1n) is 8.32. The van der Waals surface area contributed by atoms with Gasteiger partial charge in [-0.05, 0) is 53.0 Å². The smallest absolute Gasteiger partial charge is 0.196 e. The molecule has 0 aromatic heterocycles. The van der Waals surface area contributed by atoms with Gasteiger partial charge in [-0.15, -0.1) is 0 Å². The zero-order chi connectivity index (χ0) is 18.4. The van der Waals surface area contributed by atoms with E-state index in [2.05, 4.69) is 27.3 Å². The Morgan fingerprint density at radius 2 is 1.46 bits per heavy atom. The van der Waals surface area contributed by atoms with Gasteiger partial charge in [-0.25, -0.2) is 0 Å². The molecule has 0 heterocycles. The summed E-state index contributed by atoms with van der Waals surface area (Å²) in [4.78, 5) is 25.9. The lowest BCUT2D eigenvalue weighted by Gasteiger charge is -2.21. The number of carbonyl (C=O) groups is 2. The largest absolute Gasteiger partial charge is 0.354 e. The average molecular weight is 406 g/mol. The predicted octanol–water partition coefficient (Wildman–Crippen LogP) is 5.58. The Hall–Kier alpha value is -2.72. The quantitative estimate of drug-likeness (QED) is 0.473. The molecule has 0 atom stereocenters. The van der Waals surface area contributed by atoms with Gasteiger partial charge in [0.1, 0.15) is 0 Å². The SMILES string of the molecule is Cc1cc(C)c(Nc2cccc3c2C(=O)c2ccccc2C3=O)c(Br)c1. The first kappa shape index (κ1) is 16.7. The van der Waals surface area contributed by atoms with Gasteiger partial charge < -0.3 is 5.32 Å². The summed E-state index contributed by atoms with van der Waals surface area (Å²) in [6.07, 6.45) is 0. The Bertz CT molecular complexity index is 1060. The van der Waals surface area contributed by atoms with Crippen LogP contribution >= 0.6 is 15.9 Å². The molecule has 1 aliphatic rings. The molecular formula is C22H16BrNO2. The van der Waals surface area contributed by atoms with Gasteiger partial charge in [-0.3, -0.25) is 9.59 Å². The van der Waals surface area contributed by atoms with E-state index in [0.29, 0.717) is 27.9 Å². The molecule has 128 valence electrons. The van der Waals surface area contributed by atoms with Gasteiger partial charge in [0.05, 0.1) is 16.9 Å². The number of carbonyl (C=O) groups excluding carboxylic acids is 2. The molecule has 3 nitrogen and oxygen atoms in total. The molecular weight excluding hydrogens is 390 g/mol. The number of nitrogens with one attached hydrogen (secondary N) is 1. The molecule has 1 aliphatic carbocycles. The number of hydrogen-bond acceptors (Lipinski definition) is 3. The van der Waals surface area contributed by atoms with Crippen LogP contribution in [0, 0.1) is 13.8 Å². The van der Waals surface area contributed by atoms with Crippen molar-refractivity contribution in [2.75, 3.05) is 5.32 Å². The number of benzene rings is 3. The van der Waals surface area contributed by atoms with Crippen LogP contribution in [0.2, 0.25) is 0 Å². The Morgan fingerprint density at radius 3 is 2.15 bits per heavy atom. The van der Waals surface area contributed by atoms with E-state index in [-0.39, 0.29) is 11.6 Å². The van der Waals surface area contributed by atoms with E-state index >= 15 is 0 Å². The van der Waals surface area contributed by atoms with Crippen molar-refractivity contribution in [2.24, 2.45) is 0 Å². The van der Waals surface area contributed by atoms with Crippen LogP contribution in [0.25, 0.3) is 0 Å². The van der Waals surface area contributed by atoms with E-state index in [9.17, 15) is 9.59 Å². The van der Waals surface area contributed by atoms with Crippen molar-refractivity contribution in [1.29, 1.82) is 0 Å². The van der Waals surface area contributed by atoms with Gasteiger partial charge in [0.25, 0.3) is 0 Å². The summed E-state index contributed by atoms with van der Waals surface area (Å²) < 4.78 is 0.919. The first-order valence-corrected chi connectivity index (χ1v) is 9.12. The Balaban J connectivity index is 1.87. The second-order valence-electron chi connectivity index (χ2n) is 6.50. The maximum Gasteiger partial charge on any atom is 0.196 e. The molecule has 4 rings (SSSR count). The Kier molecular flexibility index (Phi) is 4.00. The van der Waals surface area contributed by atoms with Gasteiger partial charge in [0.2, 0.25) is 0 Å². The fraction of sp³-hybridized carbons (Fsp3) is 0.0909. The van der Waals surface area contributed by atoms with Crippen molar-refractivity contribution in [2.45, 2.75) is 13.8 Å². The number of aryl methyl sites for hydroxylation is 2. The number of ketones is 2. The topological polar surface area (TPSA) is 46.2 Å². The summed E-state index contributed by atoms with van der Waals surface area (Å²) >= 11 is 3.59. The normalized spacial score (nSPS) is 12.6. The highest BCUT2D eigenvalue weighted by Gasteiger charge is 2.31. The molecule has 3 aromatic carbocycles. The van der Waals surface area contributed by atoms with Crippen LogP contribution in [0.3, 0.4) is 0 Å². The highest BCUT2D eigenvalue weighted by molar-refractivity contribution is 9.10. The molecule has 0 aliphatic heterocycles. The summed E-state index contributed by atoms with van der Waals surface area (Å²) in [7, 11) is 0. The second-order valence-corrected chi connectivity index (χ2v) is 7.35. The van der Waals surface area contributed by atoms with E-state index in [1.165, 1.54) is 0 Å². The third kappa shape index (κ3) is 2.58. The zero-order valence-electron chi connectivity index (χ0n) is 14.4. The van der Waals surface area contributed by atoms with Crippen LogP contribution in [0.15, 0.2) is 59.1 Å². The van der Waals surface area contributed by atoms with E-state index in [1.54, 1.807) is 36.4 Å². The highest BCUT2D eigenvalue weighted by Crippen LogP contribution is 2.36. The molecule has 0 radical (unpaired) electrons. The minimum absolute atomic E-state index is 0.112. The zero-order valence-corrected chi connectivity index (χ0v) is 16.0.